The lowest BCUT2D eigenvalue weighted by Gasteiger charge is -2.36. The van der Waals surface area contributed by atoms with E-state index in [0.29, 0.717) is 12.3 Å². The van der Waals surface area contributed by atoms with Crippen LogP contribution in [0.2, 0.25) is 0 Å². The van der Waals surface area contributed by atoms with Crippen LogP contribution in [0.25, 0.3) is 0 Å². The summed E-state index contributed by atoms with van der Waals surface area (Å²) in [7, 11) is 1.40. The van der Waals surface area contributed by atoms with Crippen LogP contribution in [-0.4, -0.2) is 35.9 Å². The lowest BCUT2D eigenvalue weighted by Crippen LogP contribution is -2.32. The minimum absolute atomic E-state index is 0.00159. The molecule has 0 aromatic heterocycles. The molecule has 0 saturated heterocycles. The van der Waals surface area contributed by atoms with Crippen molar-refractivity contribution < 1.29 is 24.2 Å². The van der Waals surface area contributed by atoms with Crippen molar-refractivity contribution in [2.75, 3.05) is 7.11 Å². The molecule has 0 aromatic rings. The van der Waals surface area contributed by atoms with E-state index in [9.17, 15) is 14.7 Å². The van der Waals surface area contributed by atoms with Gasteiger partial charge in [0, 0.05) is 6.42 Å². The van der Waals surface area contributed by atoms with Gasteiger partial charge < -0.3 is 14.6 Å². The second kappa shape index (κ2) is 14.6. The standard InChI is InChI=1S/C21H36O2.C19H32O3/c1-6-13-10-14(7-2)20-17-12-16(19(13)20)11-15(17)8-9-18(22)23-21(3,4)5;1-4-11-6-12(5-2)19-16-9-14(18(11)19)7-13(16)8-15(20)10-17(21)22-3/h13-17,19-20H,6-12H2,1-5H3;11-16,18-20H,4-10H2,1-3H3. The van der Waals surface area contributed by atoms with Gasteiger partial charge in [0.1, 0.15) is 5.60 Å². The number of carbonyl (C=O) groups is 2. The fourth-order valence-corrected chi connectivity index (χ4v) is 13.1. The van der Waals surface area contributed by atoms with E-state index in [0.717, 1.165) is 89.8 Å². The molecule has 5 nitrogen and oxygen atoms in total. The molecule has 0 aliphatic heterocycles. The summed E-state index contributed by atoms with van der Waals surface area (Å²) in [6.45, 7) is 15.4. The molecule has 4 bridgehead atoms. The Hall–Kier alpha value is -1.10. The number of aliphatic hydroxyl groups is 1. The second-order valence-corrected chi connectivity index (χ2v) is 17.6. The van der Waals surface area contributed by atoms with Crippen molar-refractivity contribution in [1.29, 1.82) is 0 Å². The van der Waals surface area contributed by atoms with Gasteiger partial charge in [-0.3, -0.25) is 9.59 Å². The summed E-state index contributed by atoms with van der Waals surface area (Å²) in [4.78, 5) is 23.4. The average molecular weight is 629 g/mol. The van der Waals surface area contributed by atoms with Crippen LogP contribution in [0.15, 0.2) is 0 Å². The minimum Gasteiger partial charge on any atom is -0.469 e. The highest BCUT2D eigenvalue weighted by molar-refractivity contribution is 5.70. The number of carbonyl (C=O) groups excluding carboxylic acids is 2. The van der Waals surface area contributed by atoms with Crippen LogP contribution in [0.1, 0.15) is 138 Å². The number of hydrogen-bond donors (Lipinski definition) is 1. The number of ether oxygens (including phenoxy) is 2. The predicted octanol–water partition coefficient (Wildman–Crippen LogP) is 9.10. The molecule has 6 saturated carbocycles. The Labute approximate surface area is 275 Å². The Morgan fingerprint density at radius 1 is 0.667 bits per heavy atom. The lowest BCUT2D eigenvalue weighted by molar-refractivity contribution is -0.155. The van der Waals surface area contributed by atoms with Gasteiger partial charge in [-0.15, -0.1) is 0 Å². The predicted molar refractivity (Wildman–Crippen MR) is 180 cm³/mol. The highest BCUT2D eigenvalue weighted by Crippen LogP contribution is 2.67. The van der Waals surface area contributed by atoms with Crippen LogP contribution in [0, 0.1) is 82.9 Å². The number of rotatable bonds is 11. The molecule has 0 amide bonds. The van der Waals surface area contributed by atoms with Crippen LogP contribution in [0.4, 0.5) is 0 Å². The SMILES string of the molecule is CCC1CC(CC)C2C3CC(CC3CC(O)CC(=O)OC)C12.CCC1CC(CC)C2C3CC(CC3CCC(=O)OC(C)(C)C)C12. The molecule has 258 valence electrons. The van der Waals surface area contributed by atoms with E-state index < -0.39 is 6.10 Å². The summed E-state index contributed by atoms with van der Waals surface area (Å²) in [6, 6.07) is 0. The highest BCUT2D eigenvalue weighted by Gasteiger charge is 2.60. The zero-order chi connectivity index (χ0) is 32.6. The molecule has 5 heteroatoms. The summed E-state index contributed by atoms with van der Waals surface area (Å²) in [5.74, 6) is 12.4. The molecule has 0 spiro atoms. The van der Waals surface area contributed by atoms with Crippen molar-refractivity contribution in [2.24, 2.45) is 82.9 Å². The number of aliphatic hydroxyl groups excluding tert-OH is 1. The zero-order valence-electron chi connectivity index (χ0n) is 30.1. The number of esters is 2. The smallest absolute Gasteiger partial charge is 0.308 e. The number of hydrogen-bond acceptors (Lipinski definition) is 5. The van der Waals surface area contributed by atoms with Gasteiger partial charge in [-0.05, 0) is 155 Å². The molecule has 1 N–H and O–H groups in total. The Kier molecular flexibility index (Phi) is 11.4. The Morgan fingerprint density at radius 3 is 1.60 bits per heavy atom. The van der Waals surface area contributed by atoms with Crippen LogP contribution in [-0.2, 0) is 19.1 Å². The minimum atomic E-state index is -0.515. The molecular weight excluding hydrogens is 560 g/mol. The first-order valence-electron chi connectivity index (χ1n) is 19.4. The highest BCUT2D eigenvalue weighted by atomic mass is 16.6. The largest absolute Gasteiger partial charge is 0.469 e. The molecule has 6 aliphatic carbocycles. The molecule has 6 rings (SSSR count). The second-order valence-electron chi connectivity index (χ2n) is 17.6. The average Bonchev–Trinajstić information content (AvgIpc) is 3.82. The van der Waals surface area contributed by atoms with Gasteiger partial charge in [0.2, 0.25) is 0 Å². The summed E-state index contributed by atoms with van der Waals surface area (Å²) < 4.78 is 10.2. The van der Waals surface area contributed by atoms with Crippen LogP contribution >= 0.6 is 0 Å². The summed E-state index contributed by atoms with van der Waals surface area (Å²) in [5, 5.41) is 10.2. The Bertz CT molecular complexity index is 1000. The van der Waals surface area contributed by atoms with E-state index in [4.69, 9.17) is 4.74 Å². The van der Waals surface area contributed by atoms with Gasteiger partial charge in [0.15, 0.2) is 0 Å². The first-order chi connectivity index (χ1) is 21.4. The van der Waals surface area contributed by atoms with Gasteiger partial charge >= 0.3 is 11.9 Å². The summed E-state index contributed by atoms with van der Waals surface area (Å²) in [6.07, 6.45) is 16.0. The van der Waals surface area contributed by atoms with E-state index in [1.165, 1.54) is 71.3 Å². The van der Waals surface area contributed by atoms with Crippen LogP contribution in [0.3, 0.4) is 0 Å². The van der Waals surface area contributed by atoms with E-state index in [2.05, 4.69) is 32.4 Å². The van der Waals surface area contributed by atoms with Crippen LogP contribution in [0.5, 0.6) is 0 Å². The molecule has 45 heavy (non-hydrogen) atoms. The van der Waals surface area contributed by atoms with E-state index >= 15 is 0 Å². The van der Waals surface area contributed by atoms with Crippen molar-refractivity contribution >= 4 is 11.9 Å². The van der Waals surface area contributed by atoms with Crippen molar-refractivity contribution in [3.05, 3.63) is 0 Å². The fourth-order valence-electron chi connectivity index (χ4n) is 13.1. The maximum Gasteiger partial charge on any atom is 0.308 e. The normalized spacial score (nSPS) is 43.0. The summed E-state index contributed by atoms with van der Waals surface area (Å²) >= 11 is 0. The molecule has 6 aliphatic rings. The third kappa shape index (κ3) is 7.34. The molecular formula is C40H68O5. The van der Waals surface area contributed by atoms with Crippen molar-refractivity contribution in [3.63, 3.8) is 0 Å². The molecule has 15 unspecified atom stereocenters. The van der Waals surface area contributed by atoms with Gasteiger partial charge in [0.25, 0.3) is 0 Å². The first kappa shape index (κ1) is 35.2. The lowest BCUT2D eigenvalue weighted by atomic mass is 9.69. The van der Waals surface area contributed by atoms with E-state index in [-0.39, 0.29) is 24.0 Å². The zero-order valence-corrected chi connectivity index (χ0v) is 30.1. The quantitative estimate of drug-likeness (QED) is 0.231. The maximum atomic E-state index is 12.0. The Balaban J connectivity index is 0.000000178. The summed E-state index contributed by atoms with van der Waals surface area (Å²) in [5.41, 5.74) is -0.343. The molecule has 0 radical (unpaired) electrons. The number of fused-ring (bicyclic) bond motifs is 10. The van der Waals surface area contributed by atoms with Gasteiger partial charge in [-0.25, -0.2) is 0 Å². The first-order valence-corrected chi connectivity index (χ1v) is 19.4. The molecule has 0 aromatic carbocycles. The van der Waals surface area contributed by atoms with Gasteiger partial charge in [-0.1, -0.05) is 53.4 Å². The molecule has 6 fully saturated rings. The van der Waals surface area contributed by atoms with Gasteiger partial charge in [-0.2, -0.15) is 0 Å². The van der Waals surface area contributed by atoms with Crippen molar-refractivity contribution in [1.82, 2.24) is 0 Å². The van der Waals surface area contributed by atoms with Crippen molar-refractivity contribution in [2.45, 2.75) is 150 Å². The van der Waals surface area contributed by atoms with E-state index in [1.807, 2.05) is 20.8 Å². The third-order valence-electron chi connectivity index (χ3n) is 14.4. The molecule has 15 atom stereocenters. The van der Waals surface area contributed by atoms with Crippen molar-refractivity contribution in [3.8, 4) is 0 Å². The maximum absolute atomic E-state index is 12.0. The monoisotopic (exact) mass is 629 g/mol. The molecule has 0 heterocycles. The van der Waals surface area contributed by atoms with Gasteiger partial charge in [0.05, 0.1) is 19.6 Å². The topological polar surface area (TPSA) is 72.8 Å². The van der Waals surface area contributed by atoms with Crippen LogP contribution < -0.4 is 0 Å². The number of methoxy groups -OCH3 is 1. The third-order valence-corrected chi connectivity index (χ3v) is 14.4. The fraction of sp³-hybridized carbons (Fsp3) is 0.950. The Morgan fingerprint density at radius 2 is 1.13 bits per heavy atom. The van der Waals surface area contributed by atoms with E-state index in [1.54, 1.807) is 0 Å².